The van der Waals surface area contributed by atoms with Crippen molar-refractivity contribution in [3.63, 3.8) is 0 Å². The van der Waals surface area contributed by atoms with Gasteiger partial charge in [-0.2, -0.15) is 0 Å². The number of unbranched alkanes of at least 4 members (excludes halogenated alkanes) is 35. The number of likely N-dealkylation sites (N-methyl/N-ethyl adjacent to an activating group) is 1. The number of hydrogen-bond donors (Lipinski definition) is 3. The molecule has 0 radical (unpaired) electrons. The van der Waals surface area contributed by atoms with Crippen LogP contribution in [0.1, 0.15) is 290 Å². The van der Waals surface area contributed by atoms with Gasteiger partial charge < -0.3 is 19.8 Å². The third-order valence-electron chi connectivity index (χ3n) is 14.2. The Morgan fingerprint density at radius 1 is 0.467 bits per heavy atom. The summed E-state index contributed by atoms with van der Waals surface area (Å²) in [5, 5.41) is 14.0. The fourth-order valence-corrected chi connectivity index (χ4v) is 9.98. The first-order valence-corrected chi connectivity index (χ1v) is 33.3. The first-order chi connectivity index (χ1) is 36.5. The van der Waals surface area contributed by atoms with Crippen LogP contribution in [0, 0.1) is 0 Å². The van der Waals surface area contributed by atoms with E-state index in [4.69, 9.17) is 9.05 Å². The number of carbonyl (C=O) groups is 1. The van der Waals surface area contributed by atoms with E-state index in [0.717, 1.165) is 70.6 Å². The van der Waals surface area contributed by atoms with Gasteiger partial charge in [0.15, 0.2) is 0 Å². The number of nitrogens with one attached hydrogen (secondary N) is 1. The van der Waals surface area contributed by atoms with Crippen LogP contribution in [0.4, 0.5) is 0 Å². The second-order valence-corrected chi connectivity index (χ2v) is 24.2. The zero-order valence-electron chi connectivity index (χ0n) is 50.0. The van der Waals surface area contributed by atoms with E-state index in [1.807, 2.05) is 27.2 Å². The van der Waals surface area contributed by atoms with E-state index in [1.165, 1.54) is 199 Å². The van der Waals surface area contributed by atoms with E-state index in [0.29, 0.717) is 17.4 Å². The predicted molar refractivity (Wildman–Crippen MR) is 327 cm³/mol. The van der Waals surface area contributed by atoms with Crippen LogP contribution >= 0.6 is 7.82 Å². The third kappa shape index (κ3) is 59.4. The summed E-state index contributed by atoms with van der Waals surface area (Å²) < 4.78 is 23.8. The molecule has 0 rings (SSSR count). The maximum absolute atomic E-state index is 13.0. The molecule has 0 bridgehead atoms. The maximum atomic E-state index is 13.0. The molecule has 0 spiro atoms. The summed E-state index contributed by atoms with van der Waals surface area (Å²) in [4.78, 5) is 23.4. The predicted octanol–water partition coefficient (Wildman–Crippen LogP) is 19.8. The van der Waals surface area contributed by atoms with Gasteiger partial charge in [0.05, 0.1) is 39.9 Å². The lowest BCUT2D eigenvalue weighted by atomic mass is 10.0. The third-order valence-corrected chi connectivity index (χ3v) is 15.2. The number of quaternary nitrogens is 1. The van der Waals surface area contributed by atoms with E-state index in [1.54, 1.807) is 6.08 Å². The molecule has 75 heavy (non-hydrogen) atoms. The molecule has 0 aliphatic heterocycles. The minimum absolute atomic E-state index is 0.0597. The second kappa shape index (κ2) is 56.7. The molecule has 0 heterocycles. The fourth-order valence-electron chi connectivity index (χ4n) is 9.25. The Bertz CT molecular complexity index is 1450. The largest absolute Gasteiger partial charge is 0.472 e. The molecule has 8 nitrogen and oxygen atoms in total. The highest BCUT2D eigenvalue weighted by molar-refractivity contribution is 7.47. The second-order valence-electron chi connectivity index (χ2n) is 22.8. The minimum Gasteiger partial charge on any atom is -0.387 e. The van der Waals surface area contributed by atoms with E-state index in [9.17, 15) is 19.4 Å². The van der Waals surface area contributed by atoms with E-state index >= 15 is 0 Å². The molecule has 3 N–H and O–H groups in total. The van der Waals surface area contributed by atoms with Crippen molar-refractivity contribution in [2.24, 2.45) is 0 Å². The lowest BCUT2D eigenvalue weighted by Crippen LogP contribution is -2.45. The van der Waals surface area contributed by atoms with Crippen LogP contribution in [0.15, 0.2) is 72.9 Å². The lowest BCUT2D eigenvalue weighted by molar-refractivity contribution is -0.870. The van der Waals surface area contributed by atoms with Gasteiger partial charge in [-0.3, -0.25) is 13.8 Å². The first kappa shape index (κ1) is 72.9. The van der Waals surface area contributed by atoms with Crippen LogP contribution in [0.25, 0.3) is 0 Å². The fraction of sp³-hybridized carbons (Fsp3) is 0.803. The smallest absolute Gasteiger partial charge is 0.387 e. The Balaban J connectivity index is 4.15. The van der Waals surface area contributed by atoms with Crippen molar-refractivity contribution in [3.8, 4) is 0 Å². The van der Waals surface area contributed by atoms with E-state index in [2.05, 4.69) is 79.9 Å². The summed E-state index contributed by atoms with van der Waals surface area (Å²) in [6.45, 7) is 4.73. The van der Waals surface area contributed by atoms with Gasteiger partial charge in [0, 0.05) is 6.42 Å². The monoisotopic (exact) mass is 1070 g/mol. The molecule has 438 valence electrons. The number of carbonyl (C=O) groups excluding carboxylic acids is 1. The molecule has 0 aliphatic rings. The van der Waals surface area contributed by atoms with Gasteiger partial charge in [-0.1, -0.05) is 292 Å². The zero-order chi connectivity index (χ0) is 54.9. The molecule has 0 fully saturated rings. The summed E-state index contributed by atoms with van der Waals surface area (Å²) in [6.07, 6.45) is 78.7. The molecule has 0 saturated carbocycles. The number of amides is 1. The molecule has 1 amide bonds. The number of nitrogens with zero attached hydrogens (tertiary/aromatic N) is 1. The SMILES string of the molecule is CC/C=C\C/C=C\C/C=C\C/C=C\C/C=C\CCCCCCCCCCCCCCCC(=O)NC(COP(=O)(O)OCC[N+](C)(C)C)C(O)/C=C/CCCCCCCCCCCCCCCCCCCCCCCC. The Morgan fingerprint density at radius 3 is 1.17 bits per heavy atom. The lowest BCUT2D eigenvalue weighted by Gasteiger charge is -2.25. The molecule has 3 atom stereocenters. The molecule has 9 heteroatoms. The van der Waals surface area contributed by atoms with Gasteiger partial charge in [-0.25, -0.2) is 4.57 Å². The van der Waals surface area contributed by atoms with Crippen LogP contribution in [0.2, 0.25) is 0 Å². The standard InChI is InChI=1S/C66H123N2O6P/c1-6-8-10-12-14-16-18-20-22-24-26-28-30-32-33-34-35-36-38-40-42-44-46-48-50-52-54-56-58-60-66(70)67-64(63-74-75(71,72)73-62-61-68(3,4)5)65(69)59-57-55-53-51-49-47-45-43-41-39-37-31-29-27-25-23-21-19-17-15-13-11-9-7-2/h8,10,14,16,20,22,26,28,32-33,57,59,64-65,69H,6-7,9,11-13,15,17-19,21,23-25,27,29-31,34-56,58,60-63H2,1-5H3,(H-,67,70,71,72)/p+1/b10-8-,16-14-,22-20-,28-26-,33-32-,59-57+. The summed E-state index contributed by atoms with van der Waals surface area (Å²) in [6, 6.07) is -0.852. The molecule has 0 aliphatic carbocycles. The van der Waals surface area contributed by atoms with Crippen molar-refractivity contribution in [1.82, 2.24) is 5.32 Å². The van der Waals surface area contributed by atoms with Crippen molar-refractivity contribution in [3.05, 3.63) is 72.9 Å². The van der Waals surface area contributed by atoms with Crippen molar-refractivity contribution >= 4 is 13.7 Å². The van der Waals surface area contributed by atoms with Crippen LogP contribution in [0.5, 0.6) is 0 Å². The number of aliphatic hydroxyl groups excluding tert-OH is 1. The Morgan fingerprint density at radius 2 is 0.800 bits per heavy atom. The van der Waals surface area contributed by atoms with E-state index < -0.39 is 20.0 Å². The van der Waals surface area contributed by atoms with Crippen LogP contribution < -0.4 is 5.32 Å². The molecule has 0 aromatic heterocycles. The van der Waals surface area contributed by atoms with Gasteiger partial charge in [-0.15, -0.1) is 0 Å². The summed E-state index contributed by atoms with van der Waals surface area (Å²) in [5.74, 6) is -0.177. The van der Waals surface area contributed by atoms with Crippen molar-refractivity contribution in [1.29, 1.82) is 0 Å². The van der Waals surface area contributed by atoms with E-state index in [-0.39, 0.29) is 19.1 Å². The molecule has 0 aromatic carbocycles. The number of rotatable bonds is 58. The highest BCUT2D eigenvalue weighted by atomic mass is 31.2. The highest BCUT2D eigenvalue weighted by Crippen LogP contribution is 2.43. The molecule has 3 unspecified atom stereocenters. The number of phosphoric acid groups is 1. The Labute approximate surface area is 465 Å². The minimum atomic E-state index is -4.35. The van der Waals surface area contributed by atoms with Gasteiger partial charge in [-0.05, 0) is 64.2 Å². The molecule has 0 aromatic rings. The average molecular weight is 1070 g/mol. The van der Waals surface area contributed by atoms with Gasteiger partial charge in [0.2, 0.25) is 5.91 Å². The normalized spacial score (nSPS) is 14.3. The summed E-state index contributed by atoms with van der Waals surface area (Å²) in [7, 11) is 1.57. The first-order valence-electron chi connectivity index (χ1n) is 31.8. The summed E-state index contributed by atoms with van der Waals surface area (Å²) in [5.41, 5.74) is 0. The number of phosphoric ester groups is 1. The Hall–Kier alpha value is -2.06. The maximum Gasteiger partial charge on any atom is 0.472 e. The molecular formula is C66H124N2O6P+. The van der Waals surface area contributed by atoms with Gasteiger partial charge in [0.1, 0.15) is 13.2 Å². The molecule has 0 saturated heterocycles. The van der Waals surface area contributed by atoms with Crippen molar-refractivity contribution in [2.75, 3.05) is 40.9 Å². The van der Waals surface area contributed by atoms with Crippen molar-refractivity contribution < 1.29 is 32.9 Å². The number of aliphatic hydroxyl groups is 1. The molecular weight excluding hydrogens is 948 g/mol. The van der Waals surface area contributed by atoms with Gasteiger partial charge >= 0.3 is 7.82 Å². The average Bonchev–Trinajstić information content (AvgIpc) is 3.37. The zero-order valence-corrected chi connectivity index (χ0v) is 50.9. The number of hydrogen-bond acceptors (Lipinski definition) is 5. The van der Waals surface area contributed by atoms with Crippen LogP contribution in [-0.2, 0) is 18.4 Å². The van der Waals surface area contributed by atoms with Crippen LogP contribution in [-0.4, -0.2) is 73.4 Å². The summed E-state index contributed by atoms with van der Waals surface area (Å²) >= 11 is 0. The quantitative estimate of drug-likeness (QED) is 0.0243. The topological polar surface area (TPSA) is 105 Å². The van der Waals surface area contributed by atoms with Gasteiger partial charge in [0.25, 0.3) is 0 Å². The van der Waals surface area contributed by atoms with Crippen LogP contribution in [0.3, 0.4) is 0 Å². The highest BCUT2D eigenvalue weighted by Gasteiger charge is 2.27. The van der Waals surface area contributed by atoms with Crippen molar-refractivity contribution in [2.45, 2.75) is 302 Å². The number of allylic oxidation sites excluding steroid dienone is 11. The Kier molecular flexibility index (Phi) is 55.1.